The molecule has 0 heterocycles. The first-order valence-electron chi connectivity index (χ1n) is 6.67. The Kier molecular flexibility index (Phi) is 5.40. The van der Waals surface area contributed by atoms with E-state index in [1.165, 1.54) is 0 Å². The standard InChI is InChI=1S/C13H26N2O2/c1-4-13(5-2,9-14)12(16)15-10-7-6-8-11(10)17-3/h10-11H,4-9,14H2,1-3H3,(H,15,16). The minimum Gasteiger partial charge on any atom is -0.379 e. The third kappa shape index (κ3) is 2.99. The molecule has 4 nitrogen and oxygen atoms in total. The summed E-state index contributed by atoms with van der Waals surface area (Å²) in [7, 11) is 1.71. The van der Waals surface area contributed by atoms with Crippen molar-refractivity contribution in [2.75, 3.05) is 13.7 Å². The molecule has 0 aliphatic heterocycles. The summed E-state index contributed by atoms with van der Waals surface area (Å²) in [5.41, 5.74) is 5.38. The molecule has 100 valence electrons. The number of amides is 1. The van der Waals surface area contributed by atoms with Gasteiger partial charge in [0.2, 0.25) is 5.91 Å². The molecule has 1 amide bonds. The maximum absolute atomic E-state index is 12.3. The Hall–Kier alpha value is -0.610. The maximum atomic E-state index is 12.3. The van der Waals surface area contributed by atoms with Crippen LogP contribution >= 0.6 is 0 Å². The molecule has 0 aromatic heterocycles. The molecule has 0 aromatic carbocycles. The van der Waals surface area contributed by atoms with Crippen LogP contribution in [0, 0.1) is 5.41 Å². The van der Waals surface area contributed by atoms with Gasteiger partial charge in [-0.15, -0.1) is 0 Å². The number of rotatable bonds is 6. The Morgan fingerprint density at radius 2 is 2.06 bits per heavy atom. The fourth-order valence-electron chi connectivity index (χ4n) is 2.65. The summed E-state index contributed by atoms with van der Waals surface area (Å²) in [5, 5.41) is 3.13. The van der Waals surface area contributed by atoms with Crippen LogP contribution < -0.4 is 11.1 Å². The van der Waals surface area contributed by atoms with Crippen molar-refractivity contribution in [3.8, 4) is 0 Å². The van der Waals surface area contributed by atoms with Gasteiger partial charge >= 0.3 is 0 Å². The van der Waals surface area contributed by atoms with E-state index in [0.717, 1.165) is 32.1 Å². The lowest BCUT2D eigenvalue weighted by molar-refractivity contribution is -0.132. The Balaban J connectivity index is 2.63. The number of carbonyl (C=O) groups excluding carboxylic acids is 1. The third-order valence-electron chi connectivity index (χ3n) is 4.30. The van der Waals surface area contributed by atoms with Crippen LogP contribution in [0.5, 0.6) is 0 Å². The molecule has 3 N–H and O–H groups in total. The third-order valence-corrected chi connectivity index (χ3v) is 4.30. The highest BCUT2D eigenvalue weighted by Crippen LogP contribution is 2.27. The normalized spacial score (nSPS) is 24.9. The molecule has 1 fully saturated rings. The molecule has 1 rings (SSSR count). The predicted octanol–water partition coefficient (Wildman–Crippen LogP) is 1.44. The molecule has 1 saturated carbocycles. The van der Waals surface area contributed by atoms with E-state index in [1.807, 2.05) is 13.8 Å². The number of methoxy groups -OCH3 is 1. The summed E-state index contributed by atoms with van der Waals surface area (Å²) in [6.07, 6.45) is 4.92. The summed E-state index contributed by atoms with van der Waals surface area (Å²) in [6, 6.07) is 0.163. The van der Waals surface area contributed by atoms with Gasteiger partial charge in [-0.25, -0.2) is 0 Å². The van der Waals surface area contributed by atoms with E-state index in [0.29, 0.717) is 6.54 Å². The highest BCUT2D eigenvalue weighted by molar-refractivity contribution is 5.83. The number of carbonyl (C=O) groups is 1. The quantitative estimate of drug-likeness (QED) is 0.740. The Labute approximate surface area is 104 Å². The molecule has 2 unspecified atom stereocenters. The zero-order valence-corrected chi connectivity index (χ0v) is 11.3. The maximum Gasteiger partial charge on any atom is 0.227 e. The largest absolute Gasteiger partial charge is 0.379 e. The summed E-state index contributed by atoms with van der Waals surface area (Å²) in [4.78, 5) is 12.3. The van der Waals surface area contributed by atoms with Crippen LogP contribution in [0.25, 0.3) is 0 Å². The summed E-state index contributed by atoms with van der Waals surface area (Å²) in [5.74, 6) is 0.0963. The molecule has 1 aliphatic carbocycles. The van der Waals surface area contributed by atoms with Gasteiger partial charge in [0, 0.05) is 13.7 Å². The molecule has 0 radical (unpaired) electrons. The van der Waals surface area contributed by atoms with Crippen LogP contribution in [0.3, 0.4) is 0 Å². The predicted molar refractivity (Wildman–Crippen MR) is 68.6 cm³/mol. The molecule has 17 heavy (non-hydrogen) atoms. The van der Waals surface area contributed by atoms with Gasteiger partial charge < -0.3 is 15.8 Å². The van der Waals surface area contributed by atoms with Crippen molar-refractivity contribution >= 4 is 5.91 Å². The second kappa shape index (κ2) is 6.36. The highest BCUT2D eigenvalue weighted by Gasteiger charge is 2.37. The number of hydrogen-bond acceptors (Lipinski definition) is 3. The first-order chi connectivity index (χ1) is 8.13. The first-order valence-corrected chi connectivity index (χ1v) is 6.67. The Bertz CT molecular complexity index is 244. The number of ether oxygens (including phenoxy) is 1. The minimum atomic E-state index is -0.402. The fraction of sp³-hybridized carbons (Fsp3) is 0.923. The van der Waals surface area contributed by atoms with Gasteiger partial charge in [-0.2, -0.15) is 0 Å². The zero-order valence-electron chi connectivity index (χ0n) is 11.3. The van der Waals surface area contributed by atoms with Gasteiger partial charge in [0.05, 0.1) is 17.6 Å². The first kappa shape index (κ1) is 14.5. The highest BCUT2D eigenvalue weighted by atomic mass is 16.5. The summed E-state index contributed by atoms with van der Waals surface area (Å²) < 4.78 is 5.39. The van der Waals surface area contributed by atoms with Crippen LogP contribution in [0.2, 0.25) is 0 Å². The smallest absolute Gasteiger partial charge is 0.227 e. The molecule has 1 aliphatic rings. The lowest BCUT2D eigenvalue weighted by Gasteiger charge is -2.31. The van der Waals surface area contributed by atoms with Crippen molar-refractivity contribution in [3.05, 3.63) is 0 Å². The lowest BCUT2D eigenvalue weighted by Crippen LogP contribution is -2.50. The summed E-state index contributed by atoms with van der Waals surface area (Å²) in [6.45, 7) is 4.47. The second-order valence-corrected chi connectivity index (χ2v) is 4.98. The van der Waals surface area contributed by atoms with Crippen LogP contribution in [0.1, 0.15) is 46.0 Å². The van der Waals surface area contributed by atoms with E-state index in [1.54, 1.807) is 7.11 Å². The van der Waals surface area contributed by atoms with E-state index >= 15 is 0 Å². The molecule has 0 spiro atoms. The van der Waals surface area contributed by atoms with Crippen LogP contribution in [-0.4, -0.2) is 31.7 Å². The van der Waals surface area contributed by atoms with Crippen molar-refractivity contribution in [2.45, 2.75) is 58.1 Å². The summed E-state index contributed by atoms with van der Waals surface area (Å²) >= 11 is 0. The zero-order chi connectivity index (χ0) is 12.9. The molecule has 0 saturated heterocycles. The van der Waals surface area contributed by atoms with Crippen molar-refractivity contribution in [1.29, 1.82) is 0 Å². The van der Waals surface area contributed by atoms with Gasteiger partial charge in [-0.3, -0.25) is 4.79 Å². The van der Waals surface area contributed by atoms with E-state index in [4.69, 9.17) is 10.5 Å². The number of hydrogen-bond donors (Lipinski definition) is 2. The van der Waals surface area contributed by atoms with Crippen molar-refractivity contribution in [2.24, 2.45) is 11.1 Å². The van der Waals surface area contributed by atoms with Gasteiger partial charge in [0.1, 0.15) is 0 Å². The molecule has 0 aromatic rings. The van der Waals surface area contributed by atoms with E-state index in [-0.39, 0.29) is 18.1 Å². The Morgan fingerprint density at radius 3 is 2.53 bits per heavy atom. The monoisotopic (exact) mass is 242 g/mol. The van der Waals surface area contributed by atoms with E-state index in [9.17, 15) is 4.79 Å². The number of nitrogens with two attached hydrogens (primary N) is 1. The van der Waals surface area contributed by atoms with Gasteiger partial charge in [0.15, 0.2) is 0 Å². The van der Waals surface area contributed by atoms with Crippen LogP contribution in [0.15, 0.2) is 0 Å². The molecule has 0 bridgehead atoms. The molecular weight excluding hydrogens is 216 g/mol. The van der Waals surface area contributed by atoms with Gasteiger partial charge in [-0.05, 0) is 32.1 Å². The average molecular weight is 242 g/mol. The topological polar surface area (TPSA) is 64.4 Å². The minimum absolute atomic E-state index is 0.0963. The molecular formula is C13H26N2O2. The van der Waals surface area contributed by atoms with Crippen molar-refractivity contribution < 1.29 is 9.53 Å². The van der Waals surface area contributed by atoms with Crippen molar-refractivity contribution in [1.82, 2.24) is 5.32 Å². The van der Waals surface area contributed by atoms with E-state index in [2.05, 4.69) is 5.32 Å². The average Bonchev–Trinajstić information content (AvgIpc) is 2.79. The second-order valence-electron chi connectivity index (χ2n) is 4.98. The molecule has 2 atom stereocenters. The molecule has 4 heteroatoms. The SMILES string of the molecule is CCC(CC)(CN)C(=O)NC1CCCC1OC. The Morgan fingerprint density at radius 1 is 1.41 bits per heavy atom. The number of nitrogens with one attached hydrogen (secondary N) is 1. The van der Waals surface area contributed by atoms with Crippen molar-refractivity contribution in [3.63, 3.8) is 0 Å². The van der Waals surface area contributed by atoms with Crippen LogP contribution in [0.4, 0.5) is 0 Å². The van der Waals surface area contributed by atoms with Gasteiger partial charge in [0.25, 0.3) is 0 Å². The lowest BCUT2D eigenvalue weighted by atomic mass is 9.81. The fourth-order valence-corrected chi connectivity index (χ4v) is 2.65. The van der Waals surface area contributed by atoms with E-state index < -0.39 is 5.41 Å². The van der Waals surface area contributed by atoms with Crippen LogP contribution in [-0.2, 0) is 9.53 Å². The van der Waals surface area contributed by atoms with Gasteiger partial charge in [-0.1, -0.05) is 13.8 Å².